The minimum Gasteiger partial charge on any atom is -0.309 e. The lowest BCUT2D eigenvalue weighted by Gasteiger charge is -2.13. The van der Waals surface area contributed by atoms with E-state index in [1.807, 2.05) is 65.0 Å². The molecule has 2 nitrogen and oxygen atoms in total. The van der Waals surface area contributed by atoms with Crippen LogP contribution in [0.4, 0.5) is 4.39 Å². The quantitative estimate of drug-likeness (QED) is 0.127. The van der Waals surface area contributed by atoms with Crippen molar-refractivity contribution >= 4 is 47.4 Å². The Morgan fingerprint density at radius 1 is 0.528 bits per heavy atom. The lowest BCUT2D eigenvalue weighted by Crippen LogP contribution is -2.00. The Hall–Kier alpha value is -5.93. The van der Waals surface area contributed by atoms with Crippen LogP contribution >= 0.6 is 0 Å². The topological polar surface area (TPSA) is 9.86 Å². The predicted octanol–water partition coefficient (Wildman–Crippen LogP) is 15.4. The van der Waals surface area contributed by atoms with E-state index >= 15 is 0 Å². The summed E-state index contributed by atoms with van der Waals surface area (Å²) in [7, 11) is 0.500. The van der Waals surface area contributed by atoms with E-state index in [9.17, 15) is 4.39 Å². The lowest BCUT2D eigenvalue weighted by molar-refractivity contribution is 0.636. The molecule has 2 aromatic heterocycles. The Morgan fingerprint density at radius 2 is 1.02 bits per heavy atom. The fourth-order valence-electron chi connectivity index (χ4n) is 6.52. The van der Waals surface area contributed by atoms with E-state index in [-0.39, 0.29) is 0 Å². The van der Waals surface area contributed by atoms with Gasteiger partial charge in [0.1, 0.15) is 0 Å². The first-order valence-corrected chi connectivity index (χ1v) is 18.5. The molecule has 0 saturated heterocycles. The number of rotatable bonds is 11. The minimum atomic E-state index is 0.500. The minimum absolute atomic E-state index is 0.500. The molecule has 2 heterocycles. The molecule has 53 heavy (non-hydrogen) atoms. The fraction of sp³-hybridized carbons (Fsp3) is 0.160. The maximum atomic E-state index is 9.50. The molecular formula is C50H55FN2. The van der Waals surface area contributed by atoms with Crippen molar-refractivity contribution in [2.24, 2.45) is 0 Å². The highest BCUT2D eigenvalue weighted by atomic mass is 19.1. The third-order valence-corrected chi connectivity index (χ3v) is 8.70. The van der Waals surface area contributed by atoms with Crippen LogP contribution in [0.25, 0.3) is 81.0 Å². The zero-order valence-corrected chi connectivity index (χ0v) is 32.7. The smallest absolute Gasteiger partial charge is 0.0785 e. The van der Waals surface area contributed by atoms with Gasteiger partial charge in [-0.25, -0.2) is 0 Å². The number of fused-ring (bicyclic) bond motifs is 1. The number of allylic oxidation sites excluding steroid dienone is 2. The summed E-state index contributed by atoms with van der Waals surface area (Å²) in [6.07, 6.45) is 17.3. The molecule has 0 amide bonds. The molecule has 0 aliphatic rings. The lowest BCUT2D eigenvalue weighted by atomic mass is 10.0. The van der Waals surface area contributed by atoms with Gasteiger partial charge in [-0.2, -0.15) is 0 Å². The highest BCUT2D eigenvalue weighted by molar-refractivity contribution is 5.97. The first-order valence-electron chi connectivity index (χ1n) is 18.5. The number of nitrogens with zero attached hydrogens (tertiary/aromatic N) is 2. The zero-order valence-electron chi connectivity index (χ0n) is 32.7. The van der Waals surface area contributed by atoms with Crippen LogP contribution in [0.2, 0.25) is 0 Å². The molecule has 0 unspecified atom stereocenters. The Balaban J connectivity index is 0.00000120. The van der Waals surface area contributed by atoms with Crippen LogP contribution in [0.5, 0.6) is 0 Å². The molecule has 0 radical (unpaired) electrons. The van der Waals surface area contributed by atoms with E-state index in [0.29, 0.717) is 7.18 Å². The van der Waals surface area contributed by atoms with Crippen LogP contribution in [-0.2, 0) is 0 Å². The van der Waals surface area contributed by atoms with Gasteiger partial charge in [0.2, 0.25) is 0 Å². The Labute approximate surface area is 318 Å². The van der Waals surface area contributed by atoms with Crippen molar-refractivity contribution in [1.82, 2.24) is 9.13 Å². The molecule has 0 aliphatic carbocycles. The first kappa shape index (κ1) is 41.5. The van der Waals surface area contributed by atoms with Crippen LogP contribution in [0.3, 0.4) is 0 Å². The summed E-state index contributed by atoms with van der Waals surface area (Å²) in [6, 6.07) is 34.6. The van der Waals surface area contributed by atoms with Crippen LogP contribution in [0, 0.1) is 0 Å². The summed E-state index contributed by atoms with van der Waals surface area (Å²) in [6.45, 7) is 28.8. The second kappa shape index (κ2) is 20.8. The molecule has 272 valence electrons. The van der Waals surface area contributed by atoms with Gasteiger partial charge >= 0.3 is 0 Å². The molecule has 4 aromatic carbocycles. The van der Waals surface area contributed by atoms with Crippen LogP contribution in [0.15, 0.2) is 136 Å². The van der Waals surface area contributed by atoms with Crippen molar-refractivity contribution in [2.45, 2.75) is 48.0 Å². The van der Waals surface area contributed by atoms with Crippen molar-refractivity contribution in [2.75, 3.05) is 7.18 Å². The molecule has 0 N–H and O–H groups in total. The summed E-state index contributed by atoms with van der Waals surface area (Å²) in [5, 5.41) is 1.16. The zero-order chi connectivity index (χ0) is 38.9. The van der Waals surface area contributed by atoms with Gasteiger partial charge in [0, 0.05) is 33.5 Å². The third kappa shape index (κ3) is 8.59. The summed E-state index contributed by atoms with van der Waals surface area (Å²) in [5.74, 6) is 0. The van der Waals surface area contributed by atoms with Crippen molar-refractivity contribution in [1.29, 1.82) is 0 Å². The molecule has 0 aliphatic heterocycles. The highest BCUT2D eigenvalue weighted by Gasteiger charge is 2.18. The molecule has 0 spiro atoms. The molecule has 6 aromatic rings. The highest BCUT2D eigenvalue weighted by Crippen LogP contribution is 2.36. The molecule has 0 atom stereocenters. The second-order valence-corrected chi connectivity index (χ2v) is 11.4. The van der Waals surface area contributed by atoms with Gasteiger partial charge in [0.15, 0.2) is 0 Å². The number of aromatic nitrogens is 2. The molecule has 3 heteroatoms. The van der Waals surface area contributed by atoms with E-state index < -0.39 is 0 Å². The summed E-state index contributed by atoms with van der Waals surface area (Å²) >= 11 is 0. The first-order chi connectivity index (χ1) is 26.1. The largest absolute Gasteiger partial charge is 0.309 e. The van der Waals surface area contributed by atoms with Crippen molar-refractivity contribution in [3.8, 4) is 33.6 Å². The molecule has 6 rings (SSSR count). The van der Waals surface area contributed by atoms with Gasteiger partial charge in [-0.3, -0.25) is 4.39 Å². The SMILES string of the molecule is C=Cc1c(/C=C\CC)c(C=C)n(-c2ccc(-c3ccc(-n4c(C=C)c(C=C)c5cc(-c6ccccc6)ccc54)cc3)cc2)c1/C=C\C.CC.CC.CF. The van der Waals surface area contributed by atoms with E-state index in [1.54, 1.807) is 0 Å². The van der Waals surface area contributed by atoms with E-state index in [4.69, 9.17) is 0 Å². The monoisotopic (exact) mass is 702 g/mol. The number of hydrogen-bond donors (Lipinski definition) is 0. The van der Waals surface area contributed by atoms with Gasteiger partial charge in [0.25, 0.3) is 0 Å². The molecule has 0 bridgehead atoms. The van der Waals surface area contributed by atoms with Gasteiger partial charge in [-0.1, -0.05) is 152 Å². The average molecular weight is 703 g/mol. The summed E-state index contributed by atoms with van der Waals surface area (Å²) in [4.78, 5) is 0. The Kier molecular flexibility index (Phi) is 16.3. The van der Waals surface area contributed by atoms with E-state index in [1.165, 1.54) is 11.1 Å². The summed E-state index contributed by atoms with van der Waals surface area (Å²) in [5.41, 5.74) is 14.5. The van der Waals surface area contributed by atoms with Crippen LogP contribution < -0.4 is 0 Å². The van der Waals surface area contributed by atoms with E-state index in [2.05, 4.69) is 158 Å². The van der Waals surface area contributed by atoms with Gasteiger partial charge in [-0.15, -0.1) is 0 Å². The van der Waals surface area contributed by atoms with Crippen molar-refractivity contribution in [3.05, 3.63) is 169 Å². The van der Waals surface area contributed by atoms with Crippen LogP contribution in [-0.4, -0.2) is 16.3 Å². The maximum Gasteiger partial charge on any atom is 0.0785 e. The second-order valence-electron chi connectivity index (χ2n) is 11.4. The van der Waals surface area contributed by atoms with Crippen LogP contribution in [0.1, 0.15) is 81.7 Å². The molecular weight excluding hydrogens is 648 g/mol. The Morgan fingerprint density at radius 3 is 1.51 bits per heavy atom. The third-order valence-electron chi connectivity index (χ3n) is 8.70. The number of halogens is 1. The average Bonchev–Trinajstić information content (AvgIpc) is 3.73. The predicted molar refractivity (Wildman–Crippen MR) is 238 cm³/mol. The summed E-state index contributed by atoms with van der Waals surface area (Å²) < 4.78 is 14.0. The number of benzene rings is 4. The standard InChI is InChI=1S/C45H40N2.2C2H6.CH3F/c1-7-13-20-40-38(9-3)44(17-8-2)47(43(40)12-6)37-28-23-34(24-29-37)33-21-26-36(27-22-33)46-42(11-5)39(10-4)41-31-35(25-30-45(41)46)32-18-15-14-16-19-32;3*1-2/h8-31H,3-7H2,1-2H3;2*1-2H3;1H3/b17-8-,20-13-;;;. The molecule has 0 saturated carbocycles. The normalized spacial score (nSPS) is 10.5. The van der Waals surface area contributed by atoms with Gasteiger partial charge < -0.3 is 9.13 Å². The Bertz CT molecular complexity index is 2170. The van der Waals surface area contributed by atoms with E-state index in [0.717, 1.165) is 73.6 Å². The number of hydrogen-bond acceptors (Lipinski definition) is 0. The number of alkyl halides is 1. The fourth-order valence-corrected chi connectivity index (χ4v) is 6.52. The maximum absolute atomic E-state index is 9.50. The van der Waals surface area contributed by atoms with Crippen molar-refractivity contribution in [3.63, 3.8) is 0 Å². The molecule has 0 fully saturated rings. The van der Waals surface area contributed by atoms with Crippen molar-refractivity contribution < 1.29 is 4.39 Å². The van der Waals surface area contributed by atoms with Gasteiger partial charge in [0.05, 0.1) is 29.8 Å². The van der Waals surface area contributed by atoms with Gasteiger partial charge in [-0.05, 0) is 90.2 Å².